The van der Waals surface area contributed by atoms with Gasteiger partial charge < -0.3 is 9.47 Å². The highest BCUT2D eigenvalue weighted by molar-refractivity contribution is 6.00. The Hall–Kier alpha value is -1.98. The lowest BCUT2D eigenvalue weighted by Crippen LogP contribution is -2.41. The lowest BCUT2D eigenvalue weighted by atomic mass is 9.79. The molecule has 0 atom stereocenters. The second-order valence-corrected chi connectivity index (χ2v) is 3.58. The van der Waals surface area contributed by atoms with Crippen LogP contribution < -0.4 is 0 Å². The first kappa shape index (κ1) is 15.0. The summed E-state index contributed by atoms with van der Waals surface area (Å²) in [6.45, 7) is 5.16. The van der Waals surface area contributed by atoms with E-state index in [4.69, 9.17) is 6.42 Å². The molecule has 0 aromatic rings. The maximum Gasteiger partial charge on any atom is 0.324 e. The molecular weight excluding hydrogens is 220 g/mol. The summed E-state index contributed by atoms with van der Waals surface area (Å²) in [6.07, 6.45) is 5.20. The Labute approximate surface area is 101 Å². The molecule has 0 N–H and O–H groups in total. The van der Waals surface area contributed by atoms with E-state index in [1.54, 1.807) is 6.92 Å². The lowest BCUT2D eigenvalue weighted by Gasteiger charge is -2.26. The number of esters is 2. The van der Waals surface area contributed by atoms with E-state index in [1.165, 1.54) is 14.2 Å². The third kappa shape index (κ3) is 3.24. The van der Waals surface area contributed by atoms with Crippen LogP contribution in [-0.2, 0) is 19.1 Å². The van der Waals surface area contributed by atoms with E-state index in [-0.39, 0.29) is 12.8 Å². The van der Waals surface area contributed by atoms with Crippen LogP contribution in [0.15, 0.2) is 17.9 Å². The highest BCUT2D eigenvalue weighted by Gasteiger charge is 2.48. The topological polar surface area (TPSA) is 52.6 Å². The fourth-order valence-electron chi connectivity index (χ4n) is 1.51. The van der Waals surface area contributed by atoms with Crippen molar-refractivity contribution >= 4 is 11.9 Å². The number of allylic oxidation sites excluding steroid dienone is 1. The first-order valence-electron chi connectivity index (χ1n) is 4.94. The fourth-order valence-corrected chi connectivity index (χ4v) is 1.51. The minimum absolute atomic E-state index is 0.0834. The van der Waals surface area contributed by atoms with Crippen LogP contribution in [0.3, 0.4) is 0 Å². The van der Waals surface area contributed by atoms with Crippen LogP contribution in [0.5, 0.6) is 0 Å². The molecule has 0 bridgehead atoms. The number of rotatable bonds is 5. The second-order valence-electron chi connectivity index (χ2n) is 3.58. The summed E-state index contributed by atoms with van der Waals surface area (Å²) < 4.78 is 9.28. The molecule has 0 fully saturated rings. The van der Waals surface area contributed by atoms with Crippen LogP contribution >= 0.6 is 0 Å². The Morgan fingerprint density at radius 2 is 1.76 bits per heavy atom. The normalized spacial score (nSPS) is 9.76. The largest absolute Gasteiger partial charge is 0.468 e. The molecule has 17 heavy (non-hydrogen) atoms. The molecule has 0 spiro atoms. The van der Waals surface area contributed by atoms with E-state index in [0.717, 1.165) is 0 Å². The summed E-state index contributed by atoms with van der Waals surface area (Å²) >= 11 is 0. The third-order valence-electron chi connectivity index (χ3n) is 2.42. The summed E-state index contributed by atoms with van der Waals surface area (Å²) in [7, 11) is 2.40. The number of methoxy groups -OCH3 is 2. The Morgan fingerprint density at radius 3 is 2.06 bits per heavy atom. The zero-order valence-electron chi connectivity index (χ0n) is 10.3. The quantitative estimate of drug-likeness (QED) is 0.314. The van der Waals surface area contributed by atoms with E-state index in [9.17, 15) is 9.59 Å². The van der Waals surface area contributed by atoms with Crippen molar-refractivity contribution in [1.29, 1.82) is 0 Å². The van der Waals surface area contributed by atoms with Gasteiger partial charge in [0.15, 0.2) is 5.41 Å². The van der Waals surface area contributed by atoms with Crippen LogP contribution in [0.1, 0.15) is 19.8 Å². The van der Waals surface area contributed by atoms with Gasteiger partial charge in [0.05, 0.1) is 14.2 Å². The molecule has 0 aromatic heterocycles. The molecule has 4 nitrogen and oxygen atoms in total. The zero-order chi connectivity index (χ0) is 13.5. The lowest BCUT2D eigenvalue weighted by molar-refractivity contribution is -0.168. The molecule has 0 unspecified atom stereocenters. The van der Waals surface area contributed by atoms with Crippen molar-refractivity contribution in [2.24, 2.45) is 5.41 Å². The third-order valence-corrected chi connectivity index (χ3v) is 2.42. The Balaban J connectivity index is 5.56. The minimum Gasteiger partial charge on any atom is -0.468 e. The van der Waals surface area contributed by atoms with Gasteiger partial charge in [-0.15, -0.1) is 18.1 Å². The molecule has 0 amide bonds. The van der Waals surface area contributed by atoms with Gasteiger partial charge in [-0.05, 0) is 12.5 Å². The summed E-state index contributed by atoms with van der Waals surface area (Å²) in [5.41, 5.74) is 1.75. The maximum atomic E-state index is 11.8. The Kier molecular flexibility index (Phi) is 5.80. The van der Waals surface area contributed by atoms with Crippen LogP contribution in [0.4, 0.5) is 0 Å². The molecular formula is C13H16O4. The maximum absolute atomic E-state index is 11.8. The van der Waals surface area contributed by atoms with Crippen molar-refractivity contribution in [3.63, 3.8) is 0 Å². The summed E-state index contributed by atoms with van der Waals surface area (Å²) in [4.78, 5) is 23.6. The summed E-state index contributed by atoms with van der Waals surface area (Å²) in [5, 5.41) is 0. The molecule has 4 heteroatoms. The SMILES string of the molecule is C#CCC(CC(C)=C=C)(C(=O)OC)C(=O)OC. The van der Waals surface area contributed by atoms with Gasteiger partial charge in [0.25, 0.3) is 0 Å². The van der Waals surface area contributed by atoms with Crippen molar-refractivity contribution in [3.05, 3.63) is 17.9 Å². The molecule has 0 aliphatic rings. The Bertz CT molecular complexity index is 378. The molecule has 0 aliphatic carbocycles. The van der Waals surface area contributed by atoms with E-state index < -0.39 is 17.4 Å². The van der Waals surface area contributed by atoms with Gasteiger partial charge in [0.2, 0.25) is 0 Å². The average Bonchev–Trinajstić information content (AvgIpc) is 2.35. The molecule has 0 saturated heterocycles. The predicted octanol–water partition coefficient (Wildman–Crippen LogP) is 1.46. The monoisotopic (exact) mass is 236 g/mol. The second kappa shape index (κ2) is 6.57. The van der Waals surface area contributed by atoms with Gasteiger partial charge in [0.1, 0.15) is 0 Å². The van der Waals surface area contributed by atoms with E-state index in [2.05, 4.69) is 27.7 Å². The van der Waals surface area contributed by atoms with Crippen LogP contribution in [0.2, 0.25) is 0 Å². The van der Waals surface area contributed by atoms with Gasteiger partial charge in [-0.3, -0.25) is 9.59 Å². The van der Waals surface area contributed by atoms with E-state index in [0.29, 0.717) is 5.57 Å². The number of ether oxygens (including phenoxy) is 2. The number of carbonyl (C=O) groups excluding carboxylic acids is 2. The van der Waals surface area contributed by atoms with Crippen molar-refractivity contribution in [1.82, 2.24) is 0 Å². The van der Waals surface area contributed by atoms with Gasteiger partial charge >= 0.3 is 11.9 Å². The highest BCUT2D eigenvalue weighted by Crippen LogP contribution is 2.32. The average molecular weight is 236 g/mol. The number of hydrogen-bond acceptors (Lipinski definition) is 4. The molecule has 0 rings (SSSR count). The standard InChI is InChI=1S/C13H16O4/c1-6-8-13(11(14)16-4,12(15)17-5)9-10(3)7-2/h1H,2,8-9H2,3-5H3. The van der Waals surface area contributed by atoms with Crippen molar-refractivity contribution < 1.29 is 19.1 Å². The van der Waals surface area contributed by atoms with Gasteiger partial charge in [0, 0.05) is 12.8 Å². The van der Waals surface area contributed by atoms with E-state index in [1.807, 2.05) is 0 Å². The molecule has 0 heterocycles. The zero-order valence-corrected chi connectivity index (χ0v) is 10.3. The smallest absolute Gasteiger partial charge is 0.324 e. The first-order valence-corrected chi connectivity index (χ1v) is 4.94. The highest BCUT2D eigenvalue weighted by atomic mass is 16.5. The van der Waals surface area contributed by atoms with Gasteiger partial charge in [-0.25, -0.2) is 0 Å². The molecule has 0 radical (unpaired) electrons. The molecule has 0 saturated carbocycles. The van der Waals surface area contributed by atoms with Crippen molar-refractivity contribution in [2.75, 3.05) is 14.2 Å². The Morgan fingerprint density at radius 1 is 1.29 bits per heavy atom. The molecule has 0 aliphatic heterocycles. The molecule has 92 valence electrons. The number of carbonyl (C=O) groups is 2. The van der Waals surface area contributed by atoms with Gasteiger partial charge in [-0.1, -0.05) is 6.58 Å². The van der Waals surface area contributed by atoms with Crippen molar-refractivity contribution in [2.45, 2.75) is 19.8 Å². The van der Waals surface area contributed by atoms with Gasteiger partial charge in [-0.2, -0.15) is 0 Å². The van der Waals surface area contributed by atoms with Crippen molar-refractivity contribution in [3.8, 4) is 12.3 Å². The van der Waals surface area contributed by atoms with Crippen LogP contribution in [0, 0.1) is 17.8 Å². The summed E-state index contributed by atoms with van der Waals surface area (Å²) in [5.74, 6) is 0.883. The fraction of sp³-hybridized carbons (Fsp3) is 0.462. The van der Waals surface area contributed by atoms with E-state index >= 15 is 0 Å². The van der Waals surface area contributed by atoms with Crippen LogP contribution in [-0.4, -0.2) is 26.2 Å². The molecule has 0 aromatic carbocycles. The summed E-state index contributed by atoms with van der Waals surface area (Å²) in [6, 6.07) is 0. The van der Waals surface area contributed by atoms with Crippen LogP contribution in [0.25, 0.3) is 0 Å². The first-order chi connectivity index (χ1) is 7.98. The minimum atomic E-state index is -1.51. The number of terminal acetylenes is 1. The number of hydrogen-bond donors (Lipinski definition) is 0. The predicted molar refractivity (Wildman–Crippen MR) is 62.9 cm³/mol.